The first kappa shape index (κ1) is 25.2. The molecular weight excluding hydrogens is 517 g/mol. The van der Waals surface area contributed by atoms with E-state index in [1.54, 1.807) is 28.8 Å². The summed E-state index contributed by atoms with van der Waals surface area (Å²) in [5.41, 5.74) is 1.89. The second-order valence-corrected chi connectivity index (χ2v) is 12.5. The van der Waals surface area contributed by atoms with Gasteiger partial charge in [-0.1, -0.05) is 40.6 Å². The van der Waals surface area contributed by atoms with Crippen molar-refractivity contribution in [2.75, 3.05) is 18.4 Å². The summed E-state index contributed by atoms with van der Waals surface area (Å²) in [7, 11) is -3.66. The number of rotatable bonds is 6. The van der Waals surface area contributed by atoms with E-state index in [-0.39, 0.29) is 29.1 Å². The number of aromatic nitrogens is 1. The number of hydrogen-bond donors (Lipinski definition) is 1. The maximum absolute atomic E-state index is 13.0. The predicted octanol–water partition coefficient (Wildman–Crippen LogP) is 5.13. The van der Waals surface area contributed by atoms with Gasteiger partial charge in [0.1, 0.15) is 0 Å². The fourth-order valence-electron chi connectivity index (χ4n) is 4.18. The third-order valence-electron chi connectivity index (χ3n) is 5.90. The molecule has 0 aliphatic carbocycles. The van der Waals surface area contributed by atoms with Crippen LogP contribution in [0.4, 0.5) is 5.69 Å². The first-order chi connectivity index (χ1) is 16.0. The first-order valence-corrected chi connectivity index (χ1v) is 14.1. The molecule has 34 heavy (non-hydrogen) atoms. The smallest absolute Gasteiger partial charge is 0.308 e. The van der Waals surface area contributed by atoms with E-state index in [0.29, 0.717) is 40.7 Å². The van der Waals surface area contributed by atoms with E-state index in [1.165, 1.54) is 10.4 Å². The molecule has 182 valence electrons. The van der Waals surface area contributed by atoms with Gasteiger partial charge in [0.25, 0.3) is 0 Å². The Morgan fingerprint density at radius 3 is 2.68 bits per heavy atom. The number of hydrogen-bond acceptors (Lipinski definition) is 5. The lowest BCUT2D eigenvalue weighted by Crippen LogP contribution is -2.44. The van der Waals surface area contributed by atoms with Crippen molar-refractivity contribution in [2.24, 2.45) is 5.92 Å². The Morgan fingerprint density at radius 2 is 1.97 bits per heavy atom. The molecule has 11 heteroatoms. The zero-order chi connectivity index (χ0) is 24.6. The average molecular weight is 543 g/mol. The highest BCUT2D eigenvalue weighted by molar-refractivity contribution is 7.88. The van der Waals surface area contributed by atoms with E-state index in [4.69, 9.17) is 23.2 Å². The van der Waals surface area contributed by atoms with Gasteiger partial charge in [0.05, 0.1) is 21.9 Å². The number of halogens is 2. The van der Waals surface area contributed by atoms with Gasteiger partial charge >= 0.3 is 4.87 Å². The number of piperidine rings is 1. The molecule has 1 atom stereocenters. The van der Waals surface area contributed by atoms with Gasteiger partial charge in [-0.25, -0.2) is 12.7 Å². The predicted molar refractivity (Wildman–Crippen MR) is 138 cm³/mol. The van der Waals surface area contributed by atoms with Gasteiger partial charge in [0.2, 0.25) is 15.9 Å². The normalized spacial score (nSPS) is 17.4. The largest absolute Gasteiger partial charge is 0.326 e. The average Bonchev–Trinajstić information content (AvgIpc) is 3.11. The van der Waals surface area contributed by atoms with Gasteiger partial charge in [-0.3, -0.25) is 14.2 Å². The Morgan fingerprint density at radius 1 is 1.21 bits per heavy atom. The maximum atomic E-state index is 13.0. The molecule has 1 aliphatic rings. The van der Waals surface area contributed by atoms with Crippen LogP contribution in [0, 0.1) is 5.92 Å². The number of amides is 1. The molecule has 0 spiro atoms. The summed E-state index contributed by atoms with van der Waals surface area (Å²) >= 11 is 13.2. The Balaban J connectivity index is 1.46. The van der Waals surface area contributed by atoms with Crippen LogP contribution in [0.2, 0.25) is 10.0 Å². The Bertz CT molecular complexity index is 1400. The molecule has 1 N–H and O–H groups in total. The van der Waals surface area contributed by atoms with Crippen LogP contribution in [-0.2, 0) is 20.6 Å². The molecule has 1 saturated heterocycles. The minimum atomic E-state index is -3.66. The number of benzene rings is 2. The third-order valence-corrected chi connectivity index (χ3v) is 9.20. The number of nitrogens with one attached hydrogen (secondary N) is 1. The van der Waals surface area contributed by atoms with Crippen LogP contribution in [0.15, 0.2) is 41.2 Å². The Labute approximate surface area is 212 Å². The highest BCUT2D eigenvalue weighted by Gasteiger charge is 2.33. The van der Waals surface area contributed by atoms with E-state index >= 15 is 0 Å². The lowest BCUT2D eigenvalue weighted by Gasteiger charge is -2.31. The quantitative estimate of drug-likeness (QED) is 0.468. The van der Waals surface area contributed by atoms with Gasteiger partial charge < -0.3 is 5.32 Å². The van der Waals surface area contributed by atoms with Gasteiger partial charge in [-0.15, -0.1) is 0 Å². The van der Waals surface area contributed by atoms with Crippen LogP contribution in [0.25, 0.3) is 10.2 Å². The SMILES string of the molecule is CC(C)n1c(=O)sc2cc(NC(=O)C3CCCN(S(=O)(=O)Cc4ccc(Cl)cc4Cl)C3)ccc21. The third kappa shape index (κ3) is 5.33. The lowest BCUT2D eigenvalue weighted by molar-refractivity contribution is -0.120. The van der Waals surface area contributed by atoms with Crippen molar-refractivity contribution in [3.63, 3.8) is 0 Å². The summed E-state index contributed by atoms with van der Waals surface area (Å²) in [6.45, 7) is 4.37. The molecule has 1 aliphatic heterocycles. The molecule has 0 radical (unpaired) electrons. The van der Waals surface area contributed by atoms with Crippen molar-refractivity contribution in [3.05, 3.63) is 61.7 Å². The van der Waals surface area contributed by atoms with E-state index in [2.05, 4.69) is 5.32 Å². The summed E-state index contributed by atoms with van der Waals surface area (Å²) in [4.78, 5) is 25.2. The van der Waals surface area contributed by atoms with Gasteiger partial charge in [0.15, 0.2) is 0 Å². The van der Waals surface area contributed by atoms with Crippen molar-refractivity contribution < 1.29 is 13.2 Å². The number of fused-ring (bicyclic) bond motifs is 1. The van der Waals surface area contributed by atoms with E-state index in [1.807, 2.05) is 19.9 Å². The molecule has 2 heterocycles. The molecule has 0 bridgehead atoms. The summed E-state index contributed by atoms with van der Waals surface area (Å²) in [5, 5.41) is 3.63. The van der Waals surface area contributed by atoms with Crippen molar-refractivity contribution in [2.45, 2.75) is 38.5 Å². The van der Waals surface area contributed by atoms with Crippen molar-refractivity contribution in [3.8, 4) is 0 Å². The van der Waals surface area contributed by atoms with Crippen LogP contribution in [0.5, 0.6) is 0 Å². The van der Waals surface area contributed by atoms with E-state index in [0.717, 1.165) is 21.6 Å². The maximum Gasteiger partial charge on any atom is 0.308 e. The molecule has 4 rings (SSSR count). The van der Waals surface area contributed by atoms with Gasteiger partial charge in [-0.05, 0) is 62.6 Å². The highest BCUT2D eigenvalue weighted by atomic mass is 35.5. The van der Waals surface area contributed by atoms with Crippen LogP contribution in [0.3, 0.4) is 0 Å². The Hall–Kier alpha value is -1.91. The zero-order valence-corrected chi connectivity index (χ0v) is 21.9. The molecule has 1 fully saturated rings. The number of nitrogens with zero attached hydrogens (tertiary/aromatic N) is 2. The minimum absolute atomic E-state index is 0.0394. The number of carbonyl (C=O) groups is 1. The van der Waals surface area contributed by atoms with E-state index in [9.17, 15) is 18.0 Å². The molecule has 1 unspecified atom stereocenters. The summed E-state index contributed by atoms with van der Waals surface area (Å²) in [6.07, 6.45) is 1.18. The van der Waals surface area contributed by atoms with Crippen LogP contribution < -0.4 is 10.2 Å². The highest BCUT2D eigenvalue weighted by Crippen LogP contribution is 2.28. The first-order valence-electron chi connectivity index (χ1n) is 10.9. The van der Waals surface area contributed by atoms with Crippen molar-refractivity contribution in [1.29, 1.82) is 0 Å². The second kappa shape index (κ2) is 9.99. The molecule has 1 amide bonds. The van der Waals surface area contributed by atoms with Crippen LogP contribution >= 0.6 is 34.5 Å². The van der Waals surface area contributed by atoms with Crippen molar-refractivity contribution >= 4 is 66.4 Å². The standard InChI is InChI=1S/C23H25Cl2N3O4S2/c1-14(2)28-20-8-7-18(11-21(20)33-23(28)30)26-22(29)15-4-3-9-27(12-15)34(31,32)13-16-5-6-17(24)10-19(16)25/h5-8,10-11,14-15H,3-4,9,12-13H2,1-2H3,(H,26,29). The van der Waals surface area contributed by atoms with Crippen LogP contribution in [-0.4, -0.2) is 36.3 Å². The van der Waals surface area contributed by atoms with Gasteiger partial charge in [-0.2, -0.15) is 0 Å². The summed E-state index contributed by atoms with van der Waals surface area (Å²) in [5.74, 6) is -0.960. The second-order valence-electron chi connectivity index (χ2n) is 8.69. The molecule has 0 saturated carbocycles. The number of carbonyl (C=O) groups excluding carboxylic acids is 1. The summed E-state index contributed by atoms with van der Waals surface area (Å²) < 4.78 is 29.9. The lowest BCUT2D eigenvalue weighted by atomic mass is 9.98. The molecule has 1 aromatic heterocycles. The van der Waals surface area contributed by atoms with E-state index < -0.39 is 15.9 Å². The molecule has 3 aromatic rings. The molecule has 2 aromatic carbocycles. The minimum Gasteiger partial charge on any atom is -0.326 e. The van der Waals surface area contributed by atoms with Crippen molar-refractivity contribution in [1.82, 2.24) is 8.87 Å². The fourth-order valence-corrected chi connectivity index (χ4v) is 7.43. The number of anilines is 1. The monoisotopic (exact) mass is 541 g/mol. The molecule has 7 nitrogen and oxygen atoms in total. The summed E-state index contributed by atoms with van der Waals surface area (Å²) in [6, 6.07) is 10.2. The number of thiazole rings is 1. The fraction of sp³-hybridized carbons (Fsp3) is 0.391. The van der Waals surface area contributed by atoms with Crippen LogP contribution in [0.1, 0.15) is 38.3 Å². The Kier molecular flexibility index (Phi) is 7.40. The van der Waals surface area contributed by atoms with Gasteiger partial charge in [0, 0.05) is 34.9 Å². The topological polar surface area (TPSA) is 88.5 Å². The molecular formula is C23H25Cl2N3O4S2. The zero-order valence-electron chi connectivity index (χ0n) is 18.8. The number of sulfonamides is 1.